The van der Waals surface area contributed by atoms with Crippen LogP contribution in [0.4, 0.5) is 34.6 Å². The number of benzene rings is 1. The first-order valence-electron chi connectivity index (χ1n) is 16.0. The first kappa shape index (κ1) is 31.6. The van der Waals surface area contributed by atoms with Crippen molar-refractivity contribution in [1.29, 1.82) is 0 Å². The van der Waals surface area contributed by atoms with Gasteiger partial charge < -0.3 is 29.5 Å². The largest absolute Gasteiger partial charge is 0.479 e. The van der Waals surface area contributed by atoms with Gasteiger partial charge in [0.25, 0.3) is 0 Å². The minimum Gasteiger partial charge on any atom is -0.479 e. The summed E-state index contributed by atoms with van der Waals surface area (Å²) in [7, 11) is 5.90. The van der Waals surface area contributed by atoms with Crippen molar-refractivity contribution in [3.63, 3.8) is 0 Å². The lowest BCUT2D eigenvalue weighted by Crippen LogP contribution is -2.52. The average Bonchev–Trinajstić information content (AvgIpc) is 3.58. The maximum Gasteiger partial charge on any atom is 0.239 e. The number of fused-ring (bicyclic) bond motifs is 2. The monoisotopic (exact) mass is 671 g/mol. The zero-order valence-electron chi connectivity index (χ0n) is 27.5. The summed E-state index contributed by atoms with van der Waals surface area (Å²) < 4.78 is 8.87. The average molecular weight is 672 g/mol. The number of hydrogen-bond acceptors (Lipinski definition) is 14. The summed E-state index contributed by atoms with van der Waals surface area (Å²) in [5.74, 6) is 2.66. The molecule has 0 radical (unpaired) electrons. The molecule has 1 aromatic carbocycles. The van der Waals surface area contributed by atoms with E-state index in [1.165, 1.54) is 0 Å². The second-order valence-electron chi connectivity index (χ2n) is 12.1. The van der Waals surface area contributed by atoms with Crippen LogP contribution in [0.3, 0.4) is 0 Å². The van der Waals surface area contributed by atoms with Crippen LogP contribution >= 0.6 is 23.3 Å². The van der Waals surface area contributed by atoms with E-state index in [0.717, 1.165) is 102 Å². The van der Waals surface area contributed by atoms with Crippen LogP contribution in [0, 0.1) is 6.92 Å². The van der Waals surface area contributed by atoms with E-state index in [1.54, 1.807) is 42.8 Å². The van der Waals surface area contributed by atoms with E-state index in [4.69, 9.17) is 19.7 Å². The third-order valence-electron chi connectivity index (χ3n) is 9.17. The molecule has 2 N–H and O–H groups in total. The van der Waals surface area contributed by atoms with Crippen LogP contribution in [0.15, 0.2) is 42.0 Å². The number of nitrogens with one attached hydrogen (secondary N) is 2. The topological polar surface area (TPSA) is 111 Å². The second-order valence-corrected chi connectivity index (χ2v) is 13.9. The number of hydrogen-bond donors (Lipinski definition) is 2. The zero-order chi connectivity index (χ0) is 32.5. The Kier molecular flexibility index (Phi) is 9.17. The summed E-state index contributed by atoms with van der Waals surface area (Å²) in [5.41, 5.74) is 6.13. The molecule has 4 aromatic heterocycles. The fourth-order valence-corrected chi connectivity index (χ4v) is 7.71. The molecule has 0 unspecified atom stereocenters. The first-order chi connectivity index (χ1) is 22.9. The van der Waals surface area contributed by atoms with Gasteiger partial charge in [0.2, 0.25) is 11.8 Å². The number of methoxy groups -OCH3 is 1. The SMILES string of the molecule is COc1nc(N2CCC(N3CCN(C)CC3)CC2)c(C)cc1Nc1nc(Nc2ccc3nccnc3c2N(C)SC)c2sccc2n1. The molecule has 6 heterocycles. The molecule has 5 aromatic rings. The molecular formula is C33H41N11OS2. The molecule has 0 atom stereocenters. The van der Waals surface area contributed by atoms with Gasteiger partial charge >= 0.3 is 0 Å². The predicted molar refractivity (Wildman–Crippen MR) is 195 cm³/mol. The fourth-order valence-electron chi connectivity index (χ4n) is 6.57. The highest BCUT2D eigenvalue weighted by molar-refractivity contribution is 7.99. The Hall–Kier alpha value is -3.98. The number of anilines is 6. The minimum atomic E-state index is 0.457. The van der Waals surface area contributed by atoms with Gasteiger partial charge in [-0.1, -0.05) is 11.9 Å². The van der Waals surface area contributed by atoms with E-state index in [1.807, 2.05) is 36.9 Å². The summed E-state index contributed by atoms with van der Waals surface area (Å²) in [6.07, 6.45) is 7.77. The number of pyridine rings is 1. The van der Waals surface area contributed by atoms with Gasteiger partial charge in [0.1, 0.15) is 17.0 Å². The van der Waals surface area contributed by atoms with Crippen LogP contribution < -0.4 is 24.6 Å². The molecule has 0 bridgehead atoms. The van der Waals surface area contributed by atoms with Crippen LogP contribution in [0.25, 0.3) is 21.3 Å². The lowest BCUT2D eigenvalue weighted by Gasteiger charge is -2.42. The van der Waals surface area contributed by atoms with Gasteiger partial charge in [0.15, 0.2) is 5.82 Å². The van der Waals surface area contributed by atoms with Crippen molar-refractivity contribution in [1.82, 2.24) is 34.7 Å². The molecule has 12 nitrogen and oxygen atoms in total. The molecule has 2 aliphatic rings. The highest BCUT2D eigenvalue weighted by atomic mass is 32.2. The molecule has 0 aliphatic carbocycles. The number of rotatable bonds is 9. The van der Waals surface area contributed by atoms with Crippen LogP contribution in [0.1, 0.15) is 18.4 Å². The Morgan fingerprint density at radius 2 is 1.72 bits per heavy atom. The molecule has 0 saturated carbocycles. The number of thiophene rings is 1. The summed E-state index contributed by atoms with van der Waals surface area (Å²) in [6, 6.07) is 8.75. The van der Waals surface area contributed by atoms with E-state index in [0.29, 0.717) is 23.7 Å². The maximum atomic E-state index is 5.82. The van der Waals surface area contributed by atoms with Crippen LogP contribution in [0.5, 0.6) is 5.88 Å². The van der Waals surface area contributed by atoms with Crippen molar-refractivity contribution in [2.75, 3.05) is 86.6 Å². The van der Waals surface area contributed by atoms with E-state index in [9.17, 15) is 0 Å². The van der Waals surface area contributed by atoms with Crippen molar-refractivity contribution in [3.05, 3.63) is 47.6 Å². The van der Waals surface area contributed by atoms with E-state index in [-0.39, 0.29) is 0 Å². The summed E-state index contributed by atoms with van der Waals surface area (Å²) in [4.78, 5) is 31.5. The van der Waals surface area contributed by atoms with Crippen molar-refractivity contribution < 1.29 is 4.74 Å². The van der Waals surface area contributed by atoms with Crippen molar-refractivity contribution in [3.8, 4) is 5.88 Å². The zero-order valence-corrected chi connectivity index (χ0v) is 29.2. The van der Waals surface area contributed by atoms with Crippen LogP contribution in [0.2, 0.25) is 0 Å². The molecule has 14 heteroatoms. The molecule has 2 aliphatic heterocycles. The number of likely N-dealkylation sites (N-methyl/N-ethyl adjacent to an activating group) is 1. The predicted octanol–water partition coefficient (Wildman–Crippen LogP) is 5.76. The van der Waals surface area contributed by atoms with E-state index in [2.05, 4.69) is 59.6 Å². The lowest BCUT2D eigenvalue weighted by molar-refractivity contribution is 0.0981. The Labute approximate surface area is 283 Å². The smallest absolute Gasteiger partial charge is 0.239 e. The Morgan fingerprint density at radius 1 is 0.936 bits per heavy atom. The van der Waals surface area contributed by atoms with Gasteiger partial charge in [-0.3, -0.25) is 14.9 Å². The van der Waals surface area contributed by atoms with E-state index >= 15 is 0 Å². The van der Waals surface area contributed by atoms with Gasteiger partial charge in [-0.25, -0.2) is 4.98 Å². The molecule has 2 saturated heterocycles. The van der Waals surface area contributed by atoms with Gasteiger partial charge in [0, 0.05) is 71.0 Å². The number of ether oxygens (including phenoxy) is 1. The van der Waals surface area contributed by atoms with Gasteiger partial charge in [-0.2, -0.15) is 9.97 Å². The van der Waals surface area contributed by atoms with Crippen molar-refractivity contribution >= 4 is 79.2 Å². The second kappa shape index (κ2) is 13.6. The Balaban J connectivity index is 1.14. The van der Waals surface area contributed by atoms with Crippen molar-refractivity contribution in [2.45, 2.75) is 25.8 Å². The summed E-state index contributed by atoms with van der Waals surface area (Å²) >= 11 is 3.21. The molecule has 7 rings (SSSR count). The molecule has 0 amide bonds. The standard InChI is InChI=1S/C33H41N11OS2/c1-21-20-26(32(45-4)40-31(21)44-13-8-22(9-14-44)43-17-15-41(2)16-18-43)38-33-37-25-10-19-47-29(25)30(39-33)36-24-7-6-23-27(35-12-11-34-23)28(24)42(3)46-5/h6-7,10-12,19-20,22H,8-9,13-18H2,1-5H3,(H2,36,37,38,39). The summed E-state index contributed by atoms with van der Waals surface area (Å²) in [5, 5.41) is 9.05. The van der Waals surface area contributed by atoms with Crippen LogP contribution in [-0.4, -0.2) is 107 Å². The molecule has 47 heavy (non-hydrogen) atoms. The molecule has 2 fully saturated rings. The number of piperazine rings is 1. The normalized spacial score (nSPS) is 16.6. The number of aromatic nitrogens is 5. The van der Waals surface area contributed by atoms with Gasteiger partial charge in [-0.15, -0.1) is 11.3 Å². The number of aryl methyl sites for hydroxylation is 1. The Morgan fingerprint density at radius 3 is 2.49 bits per heavy atom. The Bertz CT molecular complexity index is 1870. The molecular weight excluding hydrogens is 631 g/mol. The van der Waals surface area contributed by atoms with E-state index < -0.39 is 0 Å². The molecule has 0 spiro atoms. The quantitative estimate of drug-likeness (QED) is 0.185. The number of nitrogens with zero attached hydrogens (tertiary/aromatic N) is 9. The minimum absolute atomic E-state index is 0.457. The van der Waals surface area contributed by atoms with Crippen LogP contribution in [-0.2, 0) is 0 Å². The maximum absolute atomic E-state index is 5.82. The fraction of sp³-hybridized carbons (Fsp3) is 0.424. The highest BCUT2D eigenvalue weighted by Crippen LogP contribution is 2.39. The van der Waals surface area contributed by atoms with Gasteiger partial charge in [0.05, 0.1) is 34.2 Å². The lowest BCUT2D eigenvalue weighted by atomic mass is 10.0. The third-order valence-corrected chi connectivity index (χ3v) is 10.8. The van der Waals surface area contributed by atoms with Gasteiger partial charge in [-0.05, 0) is 62.0 Å². The number of piperidine rings is 1. The molecule has 246 valence electrons. The van der Waals surface area contributed by atoms with Crippen molar-refractivity contribution in [2.24, 2.45) is 0 Å². The third kappa shape index (κ3) is 6.47. The highest BCUT2D eigenvalue weighted by Gasteiger charge is 2.28. The summed E-state index contributed by atoms with van der Waals surface area (Å²) in [6.45, 7) is 8.72. The first-order valence-corrected chi connectivity index (χ1v) is 18.0.